The Morgan fingerprint density at radius 2 is 1.62 bits per heavy atom. The molecule has 1 aromatic rings. The van der Waals surface area contributed by atoms with Crippen LogP contribution in [0.25, 0.3) is 0 Å². The van der Waals surface area contributed by atoms with Gasteiger partial charge in [0, 0.05) is 6.26 Å². The van der Waals surface area contributed by atoms with Crippen molar-refractivity contribution in [3.05, 3.63) is 23.8 Å². The van der Waals surface area contributed by atoms with Crippen molar-refractivity contribution in [1.29, 1.82) is 0 Å². The first-order chi connectivity index (χ1) is 11.4. The number of benzene rings is 1. The molecule has 146 valence electrons. The van der Waals surface area contributed by atoms with Crippen LogP contribution in [0.2, 0.25) is 0 Å². The fourth-order valence-electron chi connectivity index (χ4n) is 1.91. The zero-order valence-electron chi connectivity index (χ0n) is 16.8. The predicted molar refractivity (Wildman–Crippen MR) is 103 cm³/mol. The molecule has 26 heavy (non-hydrogen) atoms. The van der Waals surface area contributed by atoms with Gasteiger partial charge in [-0.3, -0.25) is 0 Å². The lowest BCUT2D eigenvalue weighted by Gasteiger charge is -2.37. The summed E-state index contributed by atoms with van der Waals surface area (Å²) < 4.78 is 35.4. The van der Waals surface area contributed by atoms with Crippen LogP contribution in [-0.2, 0) is 19.2 Å². The fourth-order valence-corrected chi connectivity index (χ4v) is 2.82. The van der Waals surface area contributed by atoms with Gasteiger partial charge in [-0.05, 0) is 60.6 Å². The van der Waals surface area contributed by atoms with Crippen molar-refractivity contribution in [2.24, 2.45) is 0 Å². The minimum absolute atomic E-state index is 0.00655. The summed E-state index contributed by atoms with van der Waals surface area (Å²) in [6, 6.07) is 4.46. The van der Waals surface area contributed by atoms with E-state index in [2.05, 4.69) is 0 Å². The number of hydrogen-bond donors (Lipinski definition) is 1. The summed E-state index contributed by atoms with van der Waals surface area (Å²) in [4.78, 5) is 12.2. The quantitative estimate of drug-likeness (QED) is 0.592. The third-order valence-electron chi connectivity index (χ3n) is 4.14. The number of ether oxygens (including phenoxy) is 1. The number of rotatable bonds is 6. The molecule has 0 radical (unpaired) electrons. The van der Waals surface area contributed by atoms with Crippen molar-refractivity contribution in [2.45, 2.75) is 70.2 Å². The number of sulfone groups is 1. The predicted octanol–water partition coefficient (Wildman–Crippen LogP) is 1.59. The highest BCUT2D eigenvalue weighted by molar-refractivity contribution is 7.90. The maximum atomic E-state index is 12.3. The molecule has 0 heterocycles. The van der Waals surface area contributed by atoms with E-state index >= 15 is 0 Å². The zero-order valence-corrected chi connectivity index (χ0v) is 17.7. The van der Waals surface area contributed by atoms with Crippen molar-refractivity contribution in [3.63, 3.8) is 0 Å². The van der Waals surface area contributed by atoms with Gasteiger partial charge in [0.25, 0.3) is 0 Å². The van der Waals surface area contributed by atoms with E-state index in [1.54, 1.807) is 54.5 Å². The van der Waals surface area contributed by atoms with Crippen molar-refractivity contribution in [2.75, 3.05) is 6.26 Å². The van der Waals surface area contributed by atoms with Crippen LogP contribution in [0, 0.1) is 0 Å². The summed E-state index contributed by atoms with van der Waals surface area (Å²) >= 11 is 0. The van der Waals surface area contributed by atoms with Gasteiger partial charge in [-0.25, -0.2) is 13.2 Å². The average molecular weight is 384 g/mol. The Morgan fingerprint density at radius 3 is 2.04 bits per heavy atom. The van der Waals surface area contributed by atoms with E-state index in [1.807, 2.05) is 0 Å². The van der Waals surface area contributed by atoms with Crippen molar-refractivity contribution >= 4 is 28.8 Å². The second kappa shape index (κ2) is 7.33. The van der Waals surface area contributed by atoms with Crippen molar-refractivity contribution in [3.8, 4) is 0 Å². The Hall–Kier alpha value is -1.38. The minimum Gasteiger partial charge on any atom is -0.456 e. The monoisotopic (exact) mass is 384 g/mol. The summed E-state index contributed by atoms with van der Waals surface area (Å²) in [5, 5.41) is 10.2. The summed E-state index contributed by atoms with van der Waals surface area (Å²) in [6.45, 7) is 11.9. The van der Waals surface area contributed by atoms with E-state index in [0.29, 0.717) is 5.46 Å². The van der Waals surface area contributed by atoms with Gasteiger partial charge in [0.1, 0.15) is 5.60 Å². The first kappa shape index (κ1) is 22.7. The molecule has 0 saturated carbocycles. The molecule has 0 aliphatic rings. The highest BCUT2D eigenvalue weighted by Gasteiger charge is 2.35. The van der Waals surface area contributed by atoms with Crippen LogP contribution >= 0.6 is 0 Å². The summed E-state index contributed by atoms with van der Waals surface area (Å²) in [5.41, 5.74) is -2.08. The molecule has 0 aliphatic carbocycles. The smallest absolute Gasteiger partial charge is 0.339 e. The molecule has 0 bridgehead atoms. The number of esters is 1. The molecule has 0 unspecified atom stereocenters. The highest BCUT2D eigenvalue weighted by Crippen LogP contribution is 2.24. The Kier molecular flexibility index (Phi) is 6.39. The third kappa shape index (κ3) is 6.11. The molecule has 0 atom stereocenters. The van der Waals surface area contributed by atoms with Crippen LogP contribution in [0.15, 0.2) is 23.1 Å². The van der Waals surface area contributed by atoms with Gasteiger partial charge in [0.05, 0.1) is 21.7 Å². The molecule has 1 rings (SSSR count). The SMILES string of the molecule is CC(C)(C)OC(=O)c1ccc(BOC(C)(C)C(C)(C)O)cc1S(C)(=O)=O. The van der Waals surface area contributed by atoms with E-state index in [-0.39, 0.29) is 17.9 Å². The highest BCUT2D eigenvalue weighted by atomic mass is 32.2. The maximum absolute atomic E-state index is 12.3. The first-order valence-electron chi connectivity index (χ1n) is 8.37. The minimum atomic E-state index is -3.64. The first-order valence-corrected chi connectivity index (χ1v) is 10.3. The number of carbonyl (C=O) groups excluding carboxylic acids is 1. The topological polar surface area (TPSA) is 89.9 Å². The normalized spacial score (nSPS) is 13.4. The maximum Gasteiger partial charge on any atom is 0.339 e. The fraction of sp³-hybridized carbons (Fsp3) is 0.611. The van der Waals surface area contributed by atoms with E-state index in [4.69, 9.17) is 9.39 Å². The summed E-state index contributed by atoms with van der Waals surface area (Å²) in [6.07, 6.45) is 1.04. The molecule has 0 aromatic heterocycles. The molecule has 0 aliphatic heterocycles. The van der Waals surface area contributed by atoms with Crippen LogP contribution in [0.3, 0.4) is 0 Å². The largest absolute Gasteiger partial charge is 0.456 e. The number of carbonyl (C=O) groups is 1. The molecule has 8 heteroatoms. The Labute approximate surface area is 157 Å². The Balaban J connectivity index is 3.20. The number of aliphatic hydroxyl groups is 1. The Morgan fingerprint density at radius 1 is 1.08 bits per heavy atom. The van der Waals surface area contributed by atoms with Gasteiger partial charge in [-0.2, -0.15) is 0 Å². The molecule has 6 nitrogen and oxygen atoms in total. The number of hydrogen-bond acceptors (Lipinski definition) is 6. The van der Waals surface area contributed by atoms with Gasteiger partial charge in [0.2, 0.25) is 0 Å². The van der Waals surface area contributed by atoms with Gasteiger partial charge >= 0.3 is 13.5 Å². The van der Waals surface area contributed by atoms with E-state index in [0.717, 1.165) is 6.26 Å². The van der Waals surface area contributed by atoms with Crippen LogP contribution in [0.4, 0.5) is 0 Å². The Bertz CT molecular complexity index is 770. The van der Waals surface area contributed by atoms with Crippen molar-refractivity contribution in [1.82, 2.24) is 0 Å². The summed E-state index contributed by atoms with van der Waals surface area (Å²) in [7, 11) is -3.55. The molecule has 0 spiro atoms. The van der Waals surface area contributed by atoms with Crippen molar-refractivity contribution < 1.29 is 27.7 Å². The van der Waals surface area contributed by atoms with Crippen LogP contribution in [0.1, 0.15) is 58.8 Å². The van der Waals surface area contributed by atoms with Crippen LogP contribution in [0.5, 0.6) is 0 Å². The molecule has 0 amide bonds. The third-order valence-corrected chi connectivity index (χ3v) is 5.27. The zero-order chi connectivity index (χ0) is 20.6. The van der Waals surface area contributed by atoms with E-state index < -0.39 is 32.6 Å². The standard InChI is InChI=1S/C18H29BO6S/c1-16(2,3)24-15(20)13-10-9-12(11-14(13)26(8,22)23)19-25-18(6,7)17(4,5)21/h9-11,19,21H,1-8H3. The van der Waals surface area contributed by atoms with Crippen LogP contribution < -0.4 is 5.46 Å². The molecular formula is C18H29BO6S. The van der Waals surface area contributed by atoms with Gasteiger partial charge in [0.15, 0.2) is 9.84 Å². The van der Waals surface area contributed by atoms with E-state index in [9.17, 15) is 18.3 Å². The second-order valence-corrected chi connectivity index (χ2v) is 10.4. The second-order valence-electron chi connectivity index (χ2n) is 8.46. The lowest BCUT2D eigenvalue weighted by atomic mass is 9.82. The summed E-state index contributed by atoms with van der Waals surface area (Å²) in [5.74, 6) is -0.692. The molecule has 1 aromatic carbocycles. The lowest BCUT2D eigenvalue weighted by molar-refractivity contribution is -0.0893. The molecule has 1 N–H and O–H groups in total. The molecule has 0 fully saturated rings. The van der Waals surface area contributed by atoms with Gasteiger partial charge < -0.3 is 14.5 Å². The van der Waals surface area contributed by atoms with E-state index in [1.165, 1.54) is 12.1 Å². The lowest BCUT2D eigenvalue weighted by Crippen LogP contribution is -2.49. The molecule has 0 saturated heterocycles. The van der Waals surface area contributed by atoms with Gasteiger partial charge in [-0.1, -0.05) is 11.5 Å². The van der Waals surface area contributed by atoms with Crippen LogP contribution in [-0.4, -0.2) is 50.0 Å². The molecular weight excluding hydrogens is 355 g/mol. The average Bonchev–Trinajstić information content (AvgIpc) is 2.41. The van der Waals surface area contributed by atoms with Gasteiger partial charge in [-0.15, -0.1) is 0 Å².